The first-order valence-electron chi connectivity index (χ1n) is 6.47. The fourth-order valence-electron chi connectivity index (χ4n) is 3.16. The van der Waals surface area contributed by atoms with Crippen molar-refractivity contribution < 1.29 is 9.84 Å². The average Bonchev–Trinajstić information content (AvgIpc) is 2.70. The zero-order valence-electron chi connectivity index (χ0n) is 10.8. The van der Waals surface area contributed by atoms with Crippen molar-refractivity contribution in [3.05, 3.63) is 0 Å². The van der Waals surface area contributed by atoms with Gasteiger partial charge in [-0.15, -0.1) is 0 Å². The van der Waals surface area contributed by atoms with E-state index in [0.29, 0.717) is 17.6 Å². The van der Waals surface area contributed by atoms with Crippen molar-refractivity contribution in [2.24, 2.45) is 5.41 Å². The van der Waals surface area contributed by atoms with Gasteiger partial charge in [-0.05, 0) is 31.1 Å². The minimum atomic E-state index is -0.136. The minimum absolute atomic E-state index is 0.136. The maximum Gasteiger partial charge on any atom is 0.0710 e. The quantitative estimate of drug-likeness (QED) is 0.778. The van der Waals surface area contributed by atoms with Crippen LogP contribution in [-0.2, 0) is 4.74 Å². The van der Waals surface area contributed by atoms with Crippen molar-refractivity contribution in [3.63, 3.8) is 0 Å². The molecule has 0 bridgehead atoms. The largest absolute Gasteiger partial charge is 0.391 e. The van der Waals surface area contributed by atoms with Gasteiger partial charge in [-0.1, -0.05) is 13.8 Å². The molecule has 1 heterocycles. The molecule has 0 radical (unpaired) electrons. The average molecular weight is 227 g/mol. The molecule has 16 heavy (non-hydrogen) atoms. The summed E-state index contributed by atoms with van der Waals surface area (Å²) in [6.07, 6.45) is 4.56. The molecule has 2 aliphatic rings. The third kappa shape index (κ3) is 2.58. The molecule has 1 saturated heterocycles. The Morgan fingerprint density at radius 2 is 2.06 bits per heavy atom. The highest BCUT2D eigenvalue weighted by Crippen LogP contribution is 2.38. The van der Waals surface area contributed by atoms with Crippen LogP contribution in [0.3, 0.4) is 0 Å². The van der Waals surface area contributed by atoms with Gasteiger partial charge in [0.15, 0.2) is 0 Å². The number of hydrogen-bond donors (Lipinski definition) is 1. The highest BCUT2D eigenvalue weighted by Gasteiger charge is 2.39. The van der Waals surface area contributed by atoms with E-state index < -0.39 is 0 Å². The fraction of sp³-hybridized carbons (Fsp3) is 1.00. The summed E-state index contributed by atoms with van der Waals surface area (Å²) in [7, 11) is 1.79. The number of methoxy groups -OCH3 is 1. The van der Waals surface area contributed by atoms with E-state index in [1.807, 2.05) is 0 Å². The summed E-state index contributed by atoms with van der Waals surface area (Å²) in [4.78, 5) is 2.43. The lowest BCUT2D eigenvalue weighted by Crippen LogP contribution is -2.48. The highest BCUT2D eigenvalue weighted by molar-refractivity contribution is 4.93. The molecule has 3 nitrogen and oxygen atoms in total. The van der Waals surface area contributed by atoms with Crippen LogP contribution in [0, 0.1) is 5.41 Å². The summed E-state index contributed by atoms with van der Waals surface area (Å²) < 4.78 is 5.40. The van der Waals surface area contributed by atoms with Crippen LogP contribution < -0.4 is 0 Å². The molecule has 3 heteroatoms. The van der Waals surface area contributed by atoms with Gasteiger partial charge in [-0.2, -0.15) is 0 Å². The van der Waals surface area contributed by atoms with Gasteiger partial charge in [-0.25, -0.2) is 0 Å². The predicted molar refractivity (Wildman–Crippen MR) is 64.4 cm³/mol. The minimum Gasteiger partial charge on any atom is -0.391 e. The van der Waals surface area contributed by atoms with Gasteiger partial charge in [0.25, 0.3) is 0 Å². The molecule has 0 aromatic rings. The number of aliphatic hydroxyl groups excluding tert-OH is 1. The maximum atomic E-state index is 10.1. The van der Waals surface area contributed by atoms with Crippen LogP contribution in [0.15, 0.2) is 0 Å². The third-order valence-corrected chi connectivity index (χ3v) is 4.30. The Morgan fingerprint density at radius 3 is 2.69 bits per heavy atom. The molecule has 1 N–H and O–H groups in total. The first kappa shape index (κ1) is 12.3. The van der Waals surface area contributed by atoms with E-state index in [-0.39, 0.29) is 6.10 Å². The molecule has 0 aromatic heterocycles. The van der Waals surface area contributed by atoms with E-state index in [2.05, 4.69) is 18.7 Å². The van der Waals surface area contributed by atoms with Crippen LogP contribution in [0.5, 0.6) is 0 Å². The number of nitrogens with zero attached hydrogens (tertiary/aromatic N) is 1. The summed E-state index contributed by atoms with van der Waals surface area (Å²) in [5, 5.41) is 10.1. The van der Waals surface area contributed by atoms with Crippen LogP contribution in [-0.4, -0.2) is 48.5 Å². The van der Waals surface area contributed by atoms with Crippen LogP contribution in [0.25, 0.3) is 0 Å². The van der Waals surface area contributed by atoms with E-state index in [0.717, 1.165) is 38.8 Å². The number of aliphatic hydroxyl groups is 1. The van der Waals surface area contributed by atoms with E-state index in [4.69, 9.17) is 4.74 Å². The number of likely N-dealkylation sites (tertiary alicyclic amines) is 1. The SMILES string of the molecule is COC1CCN(C2CC(C)(C)CCC2O)C1. The van der Waals surface area contributed by atoms with Crippen LogP contribution in [0.1, 0.15) is 39.5 Å². The first-order chi connectivity index (χ1) is 7.52. The van der Waals surface area contributed by atoms with E-state index >= 15 is 0 Å². The second-order valence-electron chi connectivity index (χ2n) is 6.18. The smallest absolute Gasteiger partial charge is 0.0710 e. The van der Waals surface area contributed by atoms with Gasteiger partial charge in [0.05, 0.1) is 12.2 Å². The summed E-state index contributed by atoms with van der Waals surface area (Å²) in [5.41, 5.74) is 0.384. The Labute approximate surface area is 98.8 Å². The lowest BCUT2D eigenvalue weighted by Gasteiger charge is -2.42. The molecule has 0 amide bonds. The standard InChI is InChI=1S/C13H25NO2/c1-13(2)6-4-12(15)11(8-13)14-7-5-10(9-14)16-3/h10-12,15H,4-9H2,1-3H3. The topological polar surface area (TPSA) is 32.7 Å². The van der Waals surface area contributed by atoms with Crippen molar-refractivity contribution in [1.29, 1.82) is 0 Å². The molecule has 2 rings (SSSR count). The molecule has 1 aliphatic carbocycles. The molecular weight excluding hydrogens is 202 g/mol. The van der Waals surface area contributed by atoms with Gasteiger partial charge in [0.2, 0.25) is 0 Å². The molecule has 1 aliphatic heterocycles. The monoisotopic (exact) mass is 227 g/mol. The van der Waals surface area contributed by atoms with Crippen molar-refractivity contribution in [2.45, 2.75) is 57.8 Å². The van der Waals surface area contributed by atoms with Crippen molar-refractivity contribution >= 4 is 0 Å². The normalized spacial score (nSPS) is 40.1. The van der Waals surface area contributed by atoms with E-state index in [9.17, 15) is 5.11 Å². The molecule has 2 fully saturated rings. The van der Waals surface area contributed by atoms with Gasteiger partial charge >= 0.3 is 0 Å². The molecule has 1 saturated carbocycles. The summed E-state index contributed by atoms with van der Waals surface area (Å²) >= 11 is 0. The molecular formula is C13H25NO2. The zero-order chi connectivity index (χ0) is 11.8. The Morgan fingerprint density at radius 1 is 1.31 bits per heavy atom. The highest BCUT2D eigenvalue weighted by atomic mass is 16.5. The van der Waals surface area contributed by atoms with Gasteiger partial charge in [0, 0.05) is 26.2 Å². The van der Waals surface area contributed by atoms with Crippen LogP contribution in [0.4, 0.5) is 0 Å². The zero-order valence-corrected chi connectivity index (χ0v) is 10.8. The second-order valence-corrected chi connectivity index (χ2v) is 6.18. The Hall–Kier alpha value is -0.120. The Bertz CT molecular complexity index is 242. The second kappa shape index (κ2) is 4.63. The lowest BCUT2D eigenvalue weighted by molar-refractivity contribution is -0.0142. The Kier molecular flexibility index (Phi) is 3.57. The van der Waals surface area contributed by atoms with E-state index in [1.165, 1.54) is 0 Å². The van der Waals surface area contributed by atoms with Crippen LogP contribution in [0.2, 0.25) is 0 Å². The van der Waals surface area contributed by atoms with Gasteiger partial charge in [0.1, 0.15) is 0 Å². The predicted octanol–water partition coefficient (Wildman–Crippen LogP) is 1.65. The Balaban J connectivity index is 1.97. The number of hydrogen-bond acceptors (Lipinski definition) is 3. The van der Waals surface area contributed by atoms with Crippen molar-refractivity contribution in [2.75, 3.05) is 20.2 Å². The molecule has 94 valence electrons. The van der Waals surface area contributed by atoms with Crippen LogP contribution >= 0.6 is 0 Å². The number of ether oxygens (including phenoxy) is 1. The molecule has 3 unspecified atom stereocenters. The lowest BCUT2D eigenvalue weighted by atomic mass is 9.73. The van der Waals surface area contributed by atoms with Gasteiger partial charge < -0.3 is 9.84 Å². The van der Waals surface area contributed by atoms with E-state index in [1.54, 1.807) is 7.11 Å². The molecule has 0 spiro atoms. The molecule has 0 aromatic carbocycles. The fourth-order valence-corrected chi connectivity index (χ4v) is 3.16. The third-order valence-electron chi connectivity index (χ3n) is 4.30. The number of rotatable bonds is 2. The summed E-state index contributed by atoms with van der Waals surface area (Å²) in [6.45, 7) is 6.70. The molecule has 3 atom stereocenters. The van der Waals surface area contributed by atoms with Gasteiger partial charge in [-0.3, -0.25) is 4.90 Å². The van der Waals surface area contributed by atoms with Crippen molar-refractivity contribution in [3.8, 4) is 0 Å². The summed E-state index contributed by atoms with van der Waals surface area (Å²) in [6, 6.07) is 0.351. The summed E-state index contributed by atoms with van der Waals surface area (Å²) in [5.74, 6) is 0. The first-order valence-corrected chi connectivity index (χ1v) is 6.47. The maximum absolute atomic E-state index is 10.1. The van der Waals surface area contributed by atoms with Crippen molar-refractivity contribution in [1.82, 2.24) is 4.90 Å².